The monoisotopic (exact) mass is 393 g/mol. The number of rotatable bonds is 6. The summed E-state index contributed by atoms with van der Waals surface area (Å²) < 4.78 is 28.7. The molecule has 0 radical (unpaired) electrons. The molecular weight excluding hydrogens is 378 g/mol. The molecule has 1 aromatic heterocycles. The fraction of sp³-hybridized carbons (Fsp3) is 0.188. The molecule has 0 aliphatic carbocycles. The molecule has 10 heteroatoms. The maximum absolute atomic E-state index is 11.6. The van der Waals surface area contributed by atoms with Crippen molar-refractivity contribution in [3.63, 3.8) is 0 Å². The first kappa shape index (κ1) is 18.2. The Labute approximate surface area is 153 Å². The highest BCUT2D eigenvalue weighted by Gasteiger charge is 2.20. The van der Waals surface area contributed by atoms with Gasteiger partial charge in [0, 0.05) is 18.4 Å². The predicted molar refractivity (Wildman–Crippen MR) is 97.6 cm³/mol. The summed E-state index contributed by atoms with van der Waals surface area (Å²) >= 11 is 1.06. The smallest absolute Gasteiger partial charge is 0.284 e. The van der Waals surface area contributed by atoms with Crippen molar-refractivity contribution in [1.82, 2.24) is 9.97 Å². The number of nitrogens with zero attached hydrogens (tertiary/aromatic N) is 2. The average Bonchev–Trinajstić information content (AvgIpc) is 2.95. The summed E-state index contributed by atoms with van der Waals surface area (Å²) in [7, 11) is -3.53. The number of aromatic nitrogens is 2. The highest BCUT2D eigenvalue weighted by atomic mass is 32.2. The zero-order chi connectivity index (χ0) is 18.9. The predicted octanol–water partition coefficient (Wildman–Crippen LogP) is 3.42. The van der Waals surface area contributed by atoms with Crippen LogP contribution in [0.2, 0.25) is 0 Å². The summed E-state index contributed by atoms with van der Waals surface area (Å²) in [6, 6.07) is 9.22. The third-order valence-electron chi connectivity index (χ3n) is 3.50. The minimum Gasteiger partial charge on any atom is -0.494 e. The number of sulfone groups is 1. The van der Waals surface area contributed by atoms with Gasteiger partial charge in [0.15, 0.2) is 15.0 Å². The van der Waals surface area contributed by atoms with Gasteiger partial charge in [-0.2, -0.15) is 0 Å². The van der Waals surface area contributed by atoms with Crippen molar-refractivity contribution in [2.24, 2.45) is 0 Å². The largest absolute Gasteiger partial charge is 0.494 e. The van der Waals surface area contributed by atoms with Crippen molar-refractivity contribution in [2.45, 2.75) is 21.9 Å². The molecule has 0 spiro atoms. The second-order valence-corrected chi connectivity index (χ2v) is 8.46. The number of benzene rings is 2. The molecule has 0 amide bonds. The molecule has 2 aromatic carbocycles. The number of H-pyrrole nitrogens is 1. The van der Waals surface area contributed by atoms with Crippen LogP contribution in [0.25, 0.3) is 11.0 Å². The zero-order valence-electron chi connectivity index (χ0n) is 13.9. The molecule has 0 bridgehead atoms. The first-order valence-corrected chi connectivity index (χ1v) is 10.3. The first-order chi connectivity index (χ1) is 12.3. The topological polar surface area (TPSA) is 115 Å². The van der Waals surface area contributed by atoms with Gasteiger partial charge in [0.25, 0.3) is 5.69 Å². The molecule has 0 aliphatic heterocycles. The Bertz CT molecular complexity index is 1090. The van der Waals surface area contributed by atoms with Gasteiger partial charge in [-0.15, -0.1) is 0 Å². The molecule has 0 saturated heterocycles. The molecule has 136 valence electrons. The fourth-order valence-corrected chi connectivity index (χ4v) is 3.86. The Hall–Kier alpha value is -2.59. The van der Waals surface area contributed by atoms with Gasteiger partial charge in [0.05, 0.1) is 32.4 Å². The van der Waals surface area contributed by atoms with Crippen LogP contribution in [0.1, 0.15) is 6.92 Å². The molecule has 26 heavy (non-hydrogen) atoms. The standard InChI is InChI=1S/C16H15N3O5S2/c1-3-24-10-4-6-12-13(8-10)18-16(17-12)25-15-7-5-11(26(2,22)23)9-14(15)19(20)21/h4-9H,3H2,1-2H3,(H,17,18). The van der Waals surface area contributed by atoms with E-state index in [2.05, 4.69) is 9.97 Å². The molecule has 0 unspecified atom stereocenters. The maximum Gasteiger partial charge on any atom is 0.284 e. The van der Waals surface area contributed by atoms with E-state index in [1.54, 1.807) is 18.2 Å². The lowest BCUT2D eigenvalue weighted by atomic mass is 10.3. The van der Waals surface area contributed by atoms with Gasteiger partial charge >= 0.3 is 0 Å². The maximum atomic E-state index is 11.6. The lowest BCUT2D eigenvalue weighted by molar-refractivity contribution is -0.388. The molecule has 1 N–H and O–H groups in total. The van der Waals surface area contributed by atoms with Crippen molar-refractivity contribution < 1.29 is 18.1 Å². The van der Waals surface area contributed by atoms with Crippen LogP contribution in [-0.4, -0.2) is 36.2 Å². The van der Waals surface area contributed by atoms with Crippen LogP contribution in [-0.2, 0) is 9.84 Å². The zero-order valence-corrected chi connectivity index (χ0v) is 15.6. The Balaban J connectivity index is 1.97. The van der Waals surface area contributed by atoms with E-state index >= 15 is 0 Å². The Morgan fingerprint density at radius 2 is 2.04 bits per heavy atom. The lowest BCUT2D eigenvalue weighted by Crippen LogP contribution is -1.99. The third kappa shape index (κ3) is 3.81. The van der Waals surface area contributed by atoms with Crippen molar-refractivity contribution >= 4 is 38.3 Å². The van der Waals surface area contributed by atoms with Crippen molar-refractivity contribution in [2.75, 3.05) is 12.9 Å². The van der Waals surface area contributed by atoms with E-state index in [9.17, 15) is 18.5 Å². The van der Waals surface area contributed by atoms with Gasteiger partial charge in [-0.1, -0.05) is 0 Å². The third-order valence-corrected chi connectivity index (χ3v) is 5.57. The molecule has 1 heterocycles. The lowest BCUT2D eigenvalue weighted by Gasteiger charge is -2.03. The number of fused-ring (bicyclic) bond motifs is 1. The van der Waals surface area contributed by atoms with Crippen molar-refractivity contribution in [3.05, 3.63) is 46.5 Å². The van der Waals surface area contributed by atoms with Gasteiger partial charge in [-0.05, 0) is 43.0 Å². The molecule has 3 rings (SSSR count). The quantitative estimate of drug-likeness (QED) is 0.504. The number of hydrogen-bond acceptors (Lipinski definition) is 7. The summed E-state index contributed by atoms with van der Waals surface area (Å²) in [6.07, 6.45) is 1.01. The number of imidazole rings is 1. The number of ether oxygens (including phenoxy) is 1. The van der Waals surface area contributed by atoms with E-state index in [0.29, 0.717) is 27.9 Å². The molecule has 3 aromatic rings. The van der Waals surface area contributed by atoms with Gasteiger partial charge in [-0.3, -0.25) is 10.1 Å². The summed E-state index contributed by atoms with van der Waals surface area (Å²) in [4.78, 5) is 18.4. The average molecular weight is 393 g/mol. The van der Waals surface area contributed by atoms with Gasteiger partial charge in [-0.25, -0.2) is 13.4 Å². The van der Waals surface area contributed by atoms with Crippen LogP contribution >= 0.6 is 11.8 Å². The molecular formula is C16H15N3O5S2. The summed E-state index contributed by atoms with van der Waals surface area (Å²) in [5.74, 6) is 0.698. The number of aromatic amines is 1. The van der Waals surface area contributed by atoms with Crippen LogP contribution in [0.5, 0.6) is 5.75 Å². The van der Waals surface area contributed by atoms with Crippen molar-refractivity contribution in [1.29, 1.82) is 0 Å². The first-order valence-electron chi connectivity index (χ1n) is 7.57. The SMILES string of the molecule is CCOc1ccc2nc(Sc3ccc(S(C)(=O)=O)cc3[N+](=O)[O-])[nH]c2c1. The number of nitro groups is 1. The van der Waals surface area contributed by atoms with Crippen LogP contribution in [0.3, 0.4) is 0 Å². The Morgan fingerprint density at radius 3 is 2.69 bits per heavy atom. The van der Waals surface area contributed by atoms with Gasteiger partial charge in [0.2, 0.25) is 0 Å². The number of nitrogens with one attached hydrogen (secondary N) is 1. The summed E-state index contributed by atoms with van der Waals surface area (Å²) in [6.45, 7) is 2.43. The van der Waals surface area contributed by atoms with Gasteiger partial charge < -0.3 is 9.72 Å². The molecule has 0 atom stereocenters. The second kappa shape index (κ2) is 6.96. The van der Waals surface area contributed by atoms with E-state index in [1.807, 2.05) is 6.92 Å². The van der Waals surface area contributed by atoms with E-state index in [1.165, 1.54) is 12.1 Å². The fourth-order valence-electron chi connectivity index (χ4n) is 2.33. The highest BCUT2D eigenvalue weighted by molar-refractivity contribution is 7.99. The van der Waals surface area contributed by atoms with Gasteiger partial charge in [0.1, 0.15) is 5.75 Å². The van der Waals surface area contributed by atoms with E-state index in [4.69, 9.17) is 4.74 Å². The van der Waals surface area contributed by atoms with E-state index < -0.39 is 14.8 Å². The minimum absolute atomic E-state index is 0.0977. The van der Waals surface area contributed by atoms with Crippen LogP contribution in [0.15, 0.2) is 51.3 Å². The van der Waals surface area contributed by atoms with E-state index in [0.717, 1.165) is 29.6 Å². The van der Waals surface area contributed by atoms with Crippen LogP contribution in [0.4, 0.5) is 5.69 Å². The van der Waals surface area contributed by atoms with Crippen LogP contribution < -0.4 is 4.74 Å². The molecule has 0 fully saturated rings. The number of nitro benzene ring substituents is 1. The Kier molecular flexibility index (Phi) is 4.88. The second-order valence-electron chi connectivity index (χ2n) is 5.41. The normalized spacial score (nSPS) is 11.6. The van der Waals surface area contributed by atoms with E-state index in [-0.39, 0.29) is 10.6 Å². The minimum atomic E-state index is -3.53. The summed E-state index contributed by atoms with van der Waals surface area (Å²) in [5.41, 5.74) is 1.16. The molecule has 0 saturated carbocycles. The summed E-state index contributed by atoms with van der Waals surface area (Å²) in [5, 5.41) is 11.8. The Morgan fingerprint density at radius 1 is 1.27 bits per heavy atom. The molecule has 0 aliphatic rings. The highest BCUT2D eigenvalue weighted by Crippen LogP contribution is 2.36. The van der Waals surface area contributed by atoms with Crippen LogP contribution in [0, 0.1) is 10.1 Å². The number of hydrogen-bond donors (Lipinski definition) is 1. The van der Waals surface area contributed by atoms with Crippen molar-refractivity contribution in [3.8, 4) is 5.75 Å². The molecule has 8 nitrogen and oxygen atoms in total.